The van der Waals surface area contributed by atoms with E-state index in [-0.39, 0.29) is 11.9 Å². The zero-order valence-electron chi connectivity index (χ0n) is 11.7. The highest BCUT2D eigenvalue weighted by Gasteiger charge is 2.11. The molecule has 5 heteroatoms. The molecule has 19 heavy (non-hydrogen) atoms. The van der Waals surface area contributed by atoms with Crippen LogP contribution < -0.4 is 15.8 Å². The normalized spacial score (nSPS) is 11.9. The van der Waals surface area contributed by atoms with Gasteiger partial charge in [-0.05, 0) is 38.5 Å². The van der Waals surface area contributed by atoms with Gasteiger partial charge in [-0.2, -0.15) is 0 Å². The SMILES string of the molecule is CCOc1ccc(C(=O)NC(C)CCOC)cc1N. The predicted octanol–water partition coefficient (Wildman–Crippen LogP) is 1.82. The summed E-state index contributed by atoms with van der Waals surface area (Å²) in [7, 11) is 1.64. The van der Waals surface area contributed by atoms with Gasteiger partial charge in [0, 0.05) is 25.3 Å². The van der Waals surface area contributed by atoms with Crippen molar-refractivity contribution in [3.8, 4) is 5.75 Å². The topological polar surface area (TPSA) is 73.6 Å². The third-order valence-electron chi connectivity index (χ3n) is 2.70. The van der Waals surface area contributed by atoms with Crippen LogP contribution in [0.5, 0.6) is 5.75 Å². The first-order valence-corrected chi connectivity index (χ1v) is 6.40. The molecular weight excluding hydrogens is 244 g/mol. The molecule has 1 unspecified atom stereocenters. The summed E-state index contributed by atoms with van der Waals surface area (Å²) in [4.78, 5) is 12.0. The maximum Gasteiger partial charge on any atom is 0.251 e. The molecule has 0 spiro atoms. The van der Waals surface area contributed by atoms with Crippen LogP contribution in [0.1, 0.15) is 30.6 Å². The summed E-state index contributed by atoms with van der Waals surface area (Å²) in [5.74, 6) is 0.463. The zero-order chi connectivity index (χ0) is 14.3. The maximum atomic E-state index is 12.0. The number of carbonyl (C=O) groups is 1. The zero-order valence-corrected chi connectivity index (χ0v) is 11.7. The lowest BCUT2D eigenvalue weighted by molar-refractivity contribution is 0.0929. The smallest absolute Gasteiger partial charge is 0.251 e. The number of nitrogens with one attached hydrogen (secondary N) is 1. The molecule has 3 N–H and O–H groups in total. The number of ether oxygens (including phenoxy) is 2. The largest absolute Gasteiger partial charge is 0.492 e. The Labute approximate surface area is 114 Å². The van der Waals surface area contributed by atoms with Crippen LogP contribution in [0.15, 0.2) is 18.2 Å². The van der Waals surface area contributed by atoms with Gasteiger partial charge in [0.1, 0.15) is 5.75 Å². The summed E-state index contributed by atoms with van der Waals surface area (Å²) >= 11 is 0. The second-order valence-corrected chi connectivity index (χ2v) is 4.34. The first-order valence-electron chi connectivity index (χ1n) is 6.40. The van der Waals surface area contributed by atoms with E-state index in [0.717, 1.165) is 6.42 Å². The van der Waals surface area contributed by atoms with Crippen LogP contribution in [-0.2, 0) is 4.74 Å². The maximum absolute atomic E-state index is 12.0. The van der Waals surface area contributed by atoms with Crippen molar-refractivity contribution in [2.45, 2.75) is 26.3 Å². The van der Waals surface area contributed by atoms with Crippen molar-refractivity contribution in [2.24, 2.45) is 0 Å². The number of hydrogen-bond acceptors (Lipinski definition) is 4. The number of hydrogen-bond donors (Lipinski definition) is 2. The molecule has 0 aliphatic rings. The molecule has 1 aromatic carbocycles. The van der Waals surface area contributed by atoms with Crippen LogP contribution in [0.4, 0.5) is 5.69 Å². The Bertz CT molecular complexity index is 421. The van der Waals surface area contributed by atoms with Gasteiger partial charge in [-0.25, -0.2) is 0 Å². The third-order valence-corrected chi connectivity index (χ3v) is 2.70. The Kier molecular flexibility index (Phi) is 6.15. The van der Waals surface area contributed by atoms with E-state index in [2.05, 4.69) is 5.32 Å². The van der Waals surface area contributed by atoms with Gasteiger partial charge < -0.3 is 20.5 Å². The Morgan fingerprint density at radius 2 is 2.21 bits per heavy atom. The van der Waals surface area contributed by atoms with E-state index in [1.165, 1.54) is 0 Å². The predicted molar refractivity (Wildman–Crippen MR) is 75.4 cm³/mol. The van der Waals surface area contributed by atoms with Gasteiger partial charge in [-0.3, -0.25) is 4.79 Å². The summed E-state index contributed by atoms with van der Waals surface area (Å²) in [5, 5.41) is 2.89. The van der Waals surface area contributed by atoms with Crippen molar-refractivity contribution in [1.29, 1.82) is 0 Å². The average Bonchev–Trinajstić information content (AvgIpc) is 2.38. The number of rotatable bonds is 7. The molecular formula is C14H22N2O3. The van der Waals surface area contributed by atoms with Gasteiger partial charge in [-0.15, -0.1) is 0 Å². The third kappa shape index (κ3) is 4.79. The fourth-order valence-corrected chi connectivity index (χ4v) is 1.65. The van der Waals surface area contributed by atoms with Crippen LogP contribution in [0, 0.1) is 0 Å². The highest BCUT2D eigenvalue weighted by molar-refractivity contribution is 5.95. The van der Waals surface area contributed by atoms with Gasteiger partial charge in [0.15, 0.2) is 0 Å². The summed E-state index contributed by atoms with van der Waals surface area (Å²) in [6.45, 7) is 4.99. The fraction of sp³-hybridized carbons (Fsp3) is 0.500. The minimum atomic E-state index is -0.140. The van der Waals surface area contributed by atoms with Gasteiger partial charge >= 0.3 is 0 Å². The Hall–Kier alpha value is -1.75. The first kappa shape index (κ1) is 15.3. The molecule has 0 fully saturated rings. The molecule has 106 valence electrons. The highest BCUT2D eigenvalue weighted by atomic mass is 16.5. The molecule has 1 rings (SSSR count). The number of benzene rings is 1. The molecule has 1 atom stereocenters. The number of carbonyl (C=O) groups excluding carboxylic acids is 1. The molecule has 0 heterocycles. The van der Waals surface area contributed by atoms with Gasteiger partial charge in [0.2, 0.25) is 0 Å². The summed E-state index contributed by atoms with van der Waals surface area (Å²) < 4.78 is 10.3. The Balaban J connectivity index is 2.64. The van der Waals surface area contributed by atoms with E-state index < -0.39 is 0 Å². The standard InChI is InChI=1S/C14H22N2O3/c1-4-19-13-6-5-11(9-12(13)15)14(17)16-10(2)7-8-18-3/h5-6,9-10H,4,7-8,15H2,1-3H3,(H,16,17). The van der Waals surface area contributed by atoms with Crippen molar-refractivity contribution in [1.82, 2.24) is 5.32 Å². The molecule has 5 nitrogen and oxygen atoms in total. The summed E-state index contributed by atoms with van der Waals surface area (Å²) in [6, 6.07) is 5.11. The van der Waals surface area contributed by atoms with E-state index in [4.69, 9.17) is 15.2 Å². The lowest BCUT2D eigenvalue weighted by Crippen LogP contribution is -2.33. The summed E-state index contributed by atoms with van der Waals surface area (Å²) in [6.07, 6.45) is 0.773. The second kappa shape index (κ2) is 7.63. The molecule has 1 amide bonds. The van der Waals surface area contributed by atoms with Gasteiger partial charge in [0.05, 0.1) is 12.3 Å². The first-order chi connectivity index (χ1) is 9.08. The van der Waals surface area contributed by atoms with Crippen molar-refractivity contribution in [3.63, 3.8) is 0 Å². The molecule has 0 aromatic heterocycles. The van der Waals surface area contributed by atoms with Gasteiger partial charge in [0.25, 0.3) is 5.91 Å². The quantitative estimate of drug-likeness (QED) is 0.738. The van der Waals surface area contributed by atoms with E-state index in [0.29, 0.717) is 30.2 Å². The molecule has 0 saturated heterocycles. The molecule has 0 bridgehead atoms. The van der Waals surface area contributed by atoms with E-state index in [1.54, 1.807) is 25.3 Å². The number of nitrogens with two attached hydrogens (primary N) is 1. The van der Waals surface area contributed by atoms with E-state index >= 15 is 0 Å². The highest BCUT2D eigenvalue weighted by Crippen LogP contribution is 2.22. The van der Waals surface area contributed by atoms with Crippen LogP contribution in [0.25, 0.3) is 0 Å². The number of amides is 1. The average molecular weight is 266 g/mol. The monoisotopic (exact) mass is 266 g/mol. The lowest BCUT2D eigenvalue weighted by atomic mass is 10.1. The summed E-state index contributed by atoms with van der Waals surface area (Å²) in [5.41, 5.74) is 6.84. The van der Waals surface area contributed by atoms with Crippen LogP contribution in [-0.4, -0.2) is 32.3 Å². The molecule has 0 saturated carbocycles. The lowest BCUT2D eigenvalue weighted by Gasteiger charge is -2.14. The Morgan fingerprint density at radius 1 is 1.47 bits per heavy atom. The van der Waals surface area contributed by atoms with Crippen molar-refractivity contribution >= 4 is 11.6 Å². The fourth-order valence-electron chi connectivity index (χ4n) is 1.65. The molecule has 0 aliphatic heterocycles. The van der Waals surface area contributed by atoms with Crippen molar-refractivity contribution in [2.75, 3.05) is 26.1 Å². The number of methoxy groups -OCH3 is 1. The minimum Gasteiger partial charge on any atom is -0.492 e. The minimum absolute atomic E-state index is 0.0558. The van der Waals surface area contributed by atoms with Crippen LogP contribution >= 0.6 is 0 Å². The molecule has 0 radical (unpaired) electrons. The van der Waals surface area contributed by atoms with E-state index in [9.17, 15) is 4.79 Å². The van der Waals surface area contributed by atoms with E-state index in [1.807, 2.05) is 13.8 Å². The second-order valence-electron chi connectivity index (χ2n) is 4.34. The van der Waals surface area contributed by atoms with Crippen molar-refractivity contribution < 1.29 is 14.3 Å². The Morgan fingerprint density at radius 3 is 2.79 bits per heavy atom. The van der Waals surface area contributed by atoms with Crippen LogP contribution in [0.2, 0.25) is 0 Å². The van der Waals surface area contributed by atoms with Gasteiger partial charge in [-0.1, -0.05) is 0 Å². The van der Waals surface area contributed by atoms with Crippen molar-refractivity contribution in [3.05, 3.63) is 23.8 Å². The molecule has 0 aliphatic carbocycles. The molecule has 1 aromatic rings. The number of nitrogen functional groups attached to an aromatic ring is 1. The van der Waals surface area contributed by atoms with Crippen LogP contribution in [0.3, 0.4) is 0 Å². The number of anilines is 1.